The van der Waals surface area contributed by atoms with E-state index in [1.54, 1.807) is 55.7 Å². The van der Waals surface area contributed by atoms with Gasteiger partial charge in [-0.25, -0.2) is 9.78 Å². The van der Waals surface area contributed by atoms with Crippen LogP contribution in [-0.4, -0.2) is 31.4 Å². The Morgan fingerprint density at radius 3 is 2.59 bits per heavy atom. The second-order valence-electron chi connectivity index (χ2n) is 4.86. The molecule has 0 saturated heterocycles. The number of carbonyl (C=O) groups is 2. The van der Waals surface area contributed by atoms with Gasteiger partial charge in [-0.3, -0.25) is 9.78 Å². The molecule has 0 bridgehead atoms. The molecular weight excluding hydrogens is 282 g/mol. The first-order valence-corrected chi connectivity index (χ1v) is 6.70. The highest BCUT2D eigenvalue weighted by Crippen LogP contribution is 2.23. The molecule has 0 aliphatic heterocycles. The Bertz CT molecular complexity index is 855. The van der Waals surface area contributed by atoms with E-state index in [4.69, 9.17) is 0 Å². The van der Waals surface area contributed by atoms with Crippen LogP contribution in [-0.2, 0) is 4.79 Å². The molecule has 0 spiro atoms. The number of hydrogen-bond acceptors (Lipinski definition) is 4. The maximum Gasteiger partial charge on any atom is 0.334 e. The van der Waals surface area contributed by atoms with Crippen molar-refractivity contribution in [1.29, 1.82) is 0 Å². The summed E-state index contributed by atoms with van der Waals surface area (Å²) >= 11 is 0. The van der Waals surface area contributed by atoms with Gasteiger partial charge in [0.1, 0.15) is 11.3 Å². The Balaban J connectivity index is 2.17. The highest BCUT2D eigenvalue weighted by Gasteiger charge is 2.31. The van der Waals surface area contributed by atoms with E-state index in [1.165, 1.54) is 4.57 Å². The summed E-state index contributed by atoms with van der Waals surface area (Å²) in [4.78, 5) is 32.6. The third kappa shape index (κ3) is 2.24. The second kappa shape index (κ2) is 5.40. The zero-order chi connectivity index (χ0) is 15.7. The molecular formula is C16H13N3O3. The number of aryl methyl sites for hydroxylation is 1. The van der Waals surface area contributed by atoms with Crippen LogP contribution in [0.15, 0.2) is 48.8 Å². The number of carbonyl (C=O) groups excluding carboxylic acids is 1. The first kappa shape index (κ1) is 13.9. The van der Waals surface area contributed by atoms with Crippen molar-refractivity contribution in [3.05, 3.63) is 60.2 Å². The van der Waals surface area contributed by atoms with E-state index in [9.17, 15) is 14.7 Å². The summed E-state index contributed by atoms with van der Waals surface area (Å²) in [6.45, 7) is 1.67. The largest absolute Gasteiger partial charge is 0.479 e. The first-order chi connectivity index (χ1) is 10.6. The normalized spacial score (nSPS) is 12.2. The SMILES string of the molecule is Cc1nc2cnccc2n1C(C(=O)O)C(=O)c1ccccc1. The summed E-state index contributed by atoms with van der Waals surface area (Å²) in [7, 11) is 0. The third-order valence-electron chi connectivity index (χ3n) is 3.47. The van der Waals surface area contributed by atoms with Gasteiger partial charge in [-0.2, -0.15) is 0 Å². The lowest BCUT2D eigenvalue weighted by atomic mass is 10.0. The van der Waals surface area contributed by atoms with Crippen molar-refractivity contribution in [1.82, 2.24) is 14.5 Å². The molecule has 0 aliphatic rings. The van der Waals surface area contributed by atoms with Crippen LogP contribution in [0.5, 0.6) is 0 Å². The smallest absolute Gasteiger partial charge is 0.334 e. The molecule has 0 saturated carbocycles. The fourth-order valence-corrected chi connectivity index (χ4v) is 2.50. The molecule has 6 nitrogen and oxygen atoms in total. The Hall–Kier alpha value is -3.02. The van der Waals surface area contributed by atoms with Crippen molar-refractivity contribution in [3.63, 3.8) is 0 Å². The van der Waals surface area contributed by atoms with E-state index in [1.807, 2.05) is 0 Å². The maximum absolute atomic E-state index is 12.6. The lowest BCUT2D eigenvalue weighted by Crippen LogP contribution is -2.28. The molecule has 0 fully saturated rings. The molecule has 6 heteroatoms. The van der Waals surface area contributed by atoms with Crippen molar-refractivity contribution >= 4 is 22.8 Å². The van der Waals surface area contributed by atoms with Gasteiger partial charge in [-0.05, 0) is 13.0 Å². The van der Waals surface area contributed by atoms with Gasteiger partial charge in [0, 0.05) is 11.8 Å². The molecule has 1 atom stereocenters. The van der Waals surface area contributed by atoms with Gasteiger partial charge in [0.2, 0.25) is 0 Å². The van der Waals surface area contributed by atoms with Crippen LogP contribution in [0.2, 0.25) is 0 Å². The number of pyridine rings is 1. The van der Waals surface area contributed by atoms with E-state index in [2.05, 4.69) is 9.97 Å². The van der Waals surface area contributed by atoms with Crippen LogP contribution in [0.1, 0.15) is 22.2 Å². The molecule has 3 aromatic rings. The first-order valence-electron chi connectivity index (χ1n) is 6.70. The lowest BCUT2D eigenvalue weighted by Gasteiger charge is -2.15. The number of rotatable bonds is 4. The van der Waals surface area contributed by atoms with E-state index in [0.717, 1.165) is 0 Å². The zero-order valence-corrected chi connectivity index (χ0v) is 11.8. The van der Waals surface area contributed by atoms with Crippen molar-refractivity contribution < 1.29 is 14.7 Å². The summed E-state index contributed by atoms with van der Waals surface area (Å²) in [5.74, 6) is -1.24. The Morgan fingerprint density at radius 2 is 1.91 bits per heavy atom. The number of aromatic nitrogens is 3. The van der Waals surface area contributed by atoms with Crippen molar-refractivity contribution in [2.45, 2.75) is 13.0 Å². The Labute approximate surface area is 126 Å². The minimum Gasteiger partial charge on any atom is -0.479 e. The number of nitrogens with zero attached hydrogens (tertiary/aromatic N) is 3. The van der Waals surface area contributed by atoms with Crippen LogP contribution < -0.4 is 0 Å². The highest BCUT2D eigenvalue weighted by atomic mass is 16.4. The van der Waals surface area contributed by atoms with Crippen molar-refractivity contribution in [2.24, 2.45) is 0 Å². The summed E-state index contributed by atoms with van der Waals surface area (Å²) in [6.07, 6.45) is 3.09. The summed E-state index contributed by atoms with van der Waals surface area (Å²) in [6, 6.07) is 8.70. The molecule has 110 valence electrons. The molecule has 0 radical (unpaired) electrons. The van der Waals surface area contributed by atoms with Crippen LogP contribution in [0.4, 0.5) is 0 Å². The predicted molar refractivity (Wildman–Crippen MR) is 79.7 cm³/mol. The quantitative estimate of drug-likeness (QED) is 0.589. The number of carboxylic acid groups (broad SMARTS) is 1. The van der Waals surface area contributed by atoms with Gasteiger partial charge < -0.3 is 9.67 Å². The van der Waals surface area contributed by atoms with Crippen LogP contribution in [0.3, 0.4) is 0 Å². The topological polar surface area (TPSA) is 85.1 Å². The average Bonchev–Trinajstić information content (AvgIpc) is 2.84. The van der Waals surface area contributed by atoms with Gasteiger partial charge in [0.15, 0.2) is 11.8 Å². The minimum atomic E-state index is -1.35. The second-order valence-corrected chi connectivity index (χ2v) is 4.86. The van der Waals surface area contributed by atoms with Gasteiger partial charge >= 0.3 is 5.97 Å². The molecule has 2 heterocycles. The number of imidazole rings is 1. The predicted octanol–water partition coefficient (Wildman–Crippen LogP) is 2.25. The van der Waals surface area contributed by atoms with Crippen molar-refractivity contribution in [2.75, 3.05) is 0 Å². The maximum atomic E-state index is 12.6. The molecule has 1 aromatic carbocycles. The molecule has 22 heavy (non-hydrogen) atoms. The Kier molecular flexibility index (Phi) is 3.42. The van der Waals surface area contributed by atoms with Crippen LogP contribution in [0, 0.1) is 6.92 Å². The summed E-state index contributed by atoms with van der Waals surface area (Å²) in [5, 5.41) is 9.58. The van der Waals surface area contributed by atoms with Gasteiger partial charge in [0.25, 0.3) is 0 Å². The molecule has 0 amide bonds. The molecule has 3 rings (SSSR count). The fraction of sp³-hybridized carbons (Fsp3) is 0.125. The standard InChI is InChI=1S/C16H13N3O3/c1-10-18-12-9-17-8-7-13(12)19(10)14(16(21)22)15(20)11-5-3-2-4-6-11/h2-9,14H,1H3,(H,21,22). The van der Waals surface area contributed by atoms with Crippen molar-refractivity contribution in [3.8, 4) is 0 Å². The Morgan fingerprint density at radius 1 is 1.18 bits per heavy atom. The molecule has 1 unspecified atom stereocenters. The molecule has 2 aromatic heterocycles. The van der Waals surface area contributed by atoms with Crippen LogP contribution >= 0.6 is 0 Å². The third-order valence-corrected chi connectivity index (χ3v) is 3.47. The van der Waals surface area contributed by atoms with Crippen LogP contribution in [0.25, 0.3) is 11.0 Å². The number of aliphatic carboxylic acids is 1. The molecule has 1 N–H and O–H groups in total. The summed E-state index contributed by atoms with van der Waals surface area (Å²) in [5.41, 5.74) is 1.49. The average molecular weight is 295 g/mol. The highest BCUT2D eigenvalue weighted by molar-refractivity contribution is 6.10. The van der Waals surface area contributed by atoms with E-state index in [-0.39, 0.29) is 0 Å². The van der Waals surface area contributed by atoms with E-state index < -0.39 is 17.8 Å². The van der Waals surface area contributed by atoms with E-state index >= 15 is 0 Å². The number of ketones is 1. The summed E-state index contributed by atoms with van der Waals surface area (Å²) < 4.78 is 1.44. The van der Waals surface area contributed by atoms with Gasteiger partial charge in [-0.1, -0.05) is 30.3 Å². The minimum absolute atomic E-state index is 0.352. The van der Waals surface area contributed by atoms with Gasteiger partial charge in [-0.15, -0.1) is 0 Å². The molecule has 0 aliphatic carbocycles. The number of carboxylic acids is 1. The number of fused-ring (bicyclic) bond motifs is 1. The zero-order valence-electron chi connectivity index (χ0n) is 11.8. The monoisotopic (exact) mass is 295 g/mol. The number of Topliss-reactive ketones (excluding diaryl/α,β-unsaturated/α-hetero) is 1. The lowest BCUT2D eigenvalue weighted by molar-refractivity contribution is -0.139. The van der Waals surface area contributed by atoms with E-state index in [0.29, 0.717) is 22.4 Å². The number of benzene rings is 1. The fourth-order valence-electron chi connectivity index (χ4n) is 2.50. The van der Waals surface area contributed by atoms with Gasteiger partial charge in [0.05, 0.1) is 11.7 Å². The number of hydrogen-bond donors (Lipinski definition) is 1.